The Hall–Kier alpha value is -2.82. The Morgan fingerprint density at radius 1 is 1.15 bits per heavy atom. The first-order valence-electron chi connectivity index (χ1n) is 9.39. The van der Waals surface area contributed by atoms with Crippen LogP contribution in [0.1, 0.15) is 35.6 Å². The molecule has 5 nitrogen and oxygen atoms in total. The van der Waals surface area contributed by atoms with E-state index in [1.807, 2.05) is 39.0 Å². The summed E-state index contributed by atoms with van der Waals surface area (Å²) in [5.41, 5.74) is 6.22. The van der Waals surface area contributed by atoms with E-state index in [1.54, 1.807) is 4.90 Å². The number of rotatable bonds is 5. The maximum atomic E-state index is 12.7. The van der Waals surface area contributed by atoms with Gasteiger partial charge in [-0.15, -0.1) is 0 Å². The van der Waals surface area contributed by atoms with Crippen LogP contribution < -0.4 is 5.32 Å². The van der Waals surface area contributed by atoms with E-state index in [1.165, 1.54) is 5.56 Å². The molecule has 0 saturated carbocycles. The second kappa shape index (κ2) is 8.25. The summed E-state index contributed by atoms with van der Waals surface area (Å²) in [7, 11) is 0. The monoisotopic (exact) mass is 365 g/mol. The molecule has 1 N–H and O–H groups in total. The molecular weight excluding hydrogens is 338 g/mol. The highest BCUT2D eigenvalue weighted by Gasteiger charge is 2.26. The molecule has 1 atom stereocenters. The van der Waals surface area contributed by atoms with E-state index in [0.29, 0.717) is 19.5 Å². The molecule has 0 spiro atoms. The van der Waals surface area contributed by atoms with Crippen molar-refractivity contribution >= 4 is 17.4 Å². The molecule has 1 unspecified atom stereocenters. The molecular formula is C22H27N3O2. The number of urea groups is 1. The van der Waals surface area contributed by atoms with Crippen LogP contribution >= 0.6 is 0 Å². The van der Waals surface area contributed by atoms with Crippen molar-refractivity contribution in [2.24, 2.45) is 5.16 Å². The van der Waals surface area contributed by atoms with Crippen molar-refractivity contribution in [3.8, 4) is 0 Å². The van der Waals surface area contributed by atoms with Crippen LogP contribution in [0.25, 0.3) is 0 Å². The van der Waals surface area contributed by atoms with E-state index in [-0.39, 0.29) is 12.1 Å². The number of oxime groups is 1. The zero-order valence-electron chi connectivity index (χ0n) is 16.5. The lowest BCUT2D eigenvalue weighted by atomic mass is 10.0. The maximum Gasteiger partial charge on any atom is 0.321 e. The van der Waals surface area contributed by atoms with Crippen LogP contribution in [0.5, 0.6) is 0 Å². The molecule has 1 aliphatic heterocycles. The number of carbonyl (C=O) groups excluding carboxylic acids is 1. The quantitative estimate of drug-likeness (QED) is 0.838. The van der Waals surface area contributed by atoms with E-state index in [0.717, 1.165) is 28.1 Å². The van der Waals surface area contributed by atoms with Crippen LogP contribution in [0.2, 0.25) is 0 Å². The van der Waals surface area contributed by atoms with E-state index >= 15 is 0 Å². The summed E-state index contributed by atoms with van der Waals surface area (Å²) >= 11 is 0. The standard InChI is InChI=1S/C22H27N3O2/c1-5-25(22(26)23-21-16(3)7-6-8-17(21)4)14-19-13-20(24-27-19)18-11-9-15(2)10-12-18/h6-12,19H,5,13-14H2,1-4H3,(H,23,26). The van der Waals surface area contributed by atoms with Gasteiger partial charge in [0.25, 0.3) is 0 Å². The predicted octanol–water partition coefficient (Wildman–Crippen LogP) is 4.66. The maximum absolute atomic E-state index is 12.7. The van der Waals surface area contributed by atoms with Gasteiger partial charge in [0.1, 0.15) is 0 Å². The van der Waals surface area contributed by atoms with E-state index in [9.17, 15) is 4.79 Å². The molecule has 0 bridgehead atoms. The van der Waals surface area contributed by atoms with E-state index < -0.39 is 0 Å². The van der Waals surface area contributed by atoms with Crippen LogP contribution in [-0.4, -0.2) is 35.8 Å². The number of benzene rings is 2. The smallest absolute Gasteiger partial charge is 0.321 e. The second-order valence-electron chi connectivity index (χ2n) is 7.07. The second-order valence-corrected chi connectivity index (χ2v) is 7.07. The zero-order chi connectivity index (χ0) is 19.4. The fourth-order valence-electron chi connectivity index (χ4n) is 3.24. The lowest BCUT2D eigenvalue weighted by Crippen LogP contribution is -2.40. The molecule has 1 aliphatic rings. The predicted molar refractivity (Wildman–Crippen MR) is 109 cm³/mol. The third kappa shape index (κ3) is 4.48. The molecule has 0 saturated heterocycles. The number of nitrogens with zero attached hydrogens (tertiary/aromatic N) is 2. The Morgan fingerprint density at radius 3 is 2.44 bits per heavy atom. The van der Waals surface area contributed by atoms with Gasteiger partial charge in [0.15, 0.2) is 6.10 Å². The zero-order valence-corrected chi connectivity index (χ0v) is 16.5. The van der Waals surface area contributed by atoms with Gasteiger partial charge in [0.05, 0.1) is 12.3 Å². The number of anilines is 1. The van der Waals surface area contributed by atoms with Gasteiger partial charge in [-0.2, -0.15) is 0 Å². The molecule has 142 valence electrons. The van der Waals surface area contributed by atoms with Crippen molar-refractivity contribution in [3.63, 3.8) is 0 Å². The first kappa shape index (κ1) is 19.0. The average molecular weight is 365 g/mol. The number of hydrogen-bond donors (Lipinski definition) is 1. The first-order chi connectivity index (χ1) is 13.0. The Morgan fingerprint density at radius 2 is 1.81 bits per heavy atom. The Labute approximate surface area is 161 Å². The molecule has 2 amide bonds. The highest BCUT2D eigenvalue weighted by atomic mass is 16.6. The van der Waals surface area contributed by atoms with Gasteiger partial charge in [0, 0.05) is 18.7 Å². The Balaban J connectivity index is 1.61. The summed E-state index contributed by atoms with van der Waals surface area (Å²) < 4.78 is 0. The lowest BCUT2D eigenvalue weighted by Gasteiger charge is -2.24. The molecule has 0 aromatic heterocycles. The molecule has 5 heteroatoms. The van der Waals surface area contributed by atoms with Crippen LogP contribution in [0.3, 0.4) is 0 Å². The van der Waals surface area contributed by atoms with Gasteiger partial charge < -0.3 is 15.1 Å². The molecule has 0 aliphatic carbocycles. The number of para-hydroxylation sites is 1. The Kier molecular flexibility index (Phi) is 5.79. The molecule has 2 aromatic carbocycles. The minimum Gasteiger partial charge on any atom is -0.390 e. The minimum absolute atomic E-state index is 0.109. The van der Waals surface area contributed by atoms with E-state index in [2.05, 4.69) is 41.7 Å². The number of hydrogen-bond acceptors (Lipinski definition) is 3. The summed E-state index contributed by atoms with van der Waals surface area (Å²) in [4.78, 5) is 20.1. The molecule has 0 fully saturated rings. The number of likely N-dealkylation sites (N-methyl/N-ethyl adjacent to an activating group) is 1. The van der Waals surface area contributed by atoms with Gasteiger partial charge in [-0.1, -0.05) is 53.2 Å². The number of carbonyl (C=O) groups is 1. The SMILES string of the molecule is CCN(CC1CC(c2ccc(C)cc2)=NO1)C(=O)Nc1c(C)cccc1C. The summed E-state index contributed by atoms with van der Waals surface area (Å²) in [6.45, 7) is 9.15. The molecule has 2 aromatic rings. The van der Waals surface area contributed by atoms with Gasteiger partial charge >= 0.3 is 6.03 Å². The number of nitrogens with one attached hydrogen (secondary N) is 1. The highest BCUT2D eigenvalue weighted by Crippen LogP contribution is 2.21. The fourth-order valence-corrected chi connectivity index (χ4v) is 3.24. The highest BCUT2D eigenvalue weighted by molar-refractivity contribution is 6.01. The average Bonchev–Trinajstić information content (AvgIpc) is 3.12. The largest absolute Gasteiger partial charge is 0.390 e. The number of amides is 2. The minimum atomic E-state index is -0.120. The summed E-state index contributed by atoms with van der Waals surface area (Å²) in [6.07, 6.45) is 0.584. The number of aryl methyl sites for hydroxylation is 3. The van der Waals surface area contributed by atoms with Crippen molar-refractivity contribution in [3.05, 3.63) is 64.7 Å². The van der Waals surface area contributed by atoms with Crippen LogP contribution in [-0.2, 0) is 4.84 Å². The first-order valence-corrected chi connectivity index (χ1v) is 9.39. The van der Waals surface area contributed by atoms with Crippen LogP contribution in [0.4, 0.5) is 10.5 Å². The van der Waals surface area contributed by atoms with Crippen LogP contribution in [0, 0.1) is 20.8 Å². The molecule has 27 heavy (non-hydrogen) atoms. The third-order valence-electron chi connectivity index (χ3n) is 4.92. The van der Waals surface area contributed by atoms with Crippen molar-refractivity contribution < 1.29 is 9.63 Å². The topological polar surface area (TPSA) is 53.9 Å². The van der Waals surface area contributed by atoms with Gasteiger partial charge in [-0.25, -0.2) is 4.79 Å². The lowest BCUT2D eigenvalue weighted by molar-refractivity contribution is 0.0633. The van der Waals surface area contributed by atoms with Crippen molar-refractivity contribution in [2.45, 2.75) is 40.2 Å². The third-order valence-corrected chi connectivity index (χ3v) is 4.92. The normalized spacial score (nSPS) is 15.9. The van der Waals surface area contributed by atoms with Crippen LogP contribution in [0.15, 0.2) is 47.6 Å². The fraction of sp³-hybridized carbons (Fsp3) is 0.364. The molecule has 1 heterocycles. The summed E-state index contributed by atoms with van der Waals surface area (Å²) in [5, 5.41) is 7.28. The summed E-state index contributed by atoms with van der Waals surface area (Å²) in [5.74, 6) is 0. The Bertz CT molecular complexity index is 823. The van der Waals surface area contributed by atoms with Gasteiger partial charge in [0.2, 0.25) is 0 Å². The van der Waals surface area contributed by atoms with E-state index in [4.69, 9.17) is 4.84 Å². The van der Waals surface area contributed by atoms with Gasteiger partial charge in [-0.3, -0.25) is 0 Å². The molecule has 3 rings (SSSR count). The van der Waals surface area contributed by atoms with Crippen molar-refractivity contribution in [2.75, 3.05) is 18.4 Å². The van der Waals surface area contributed by atoms with Crippen molar-refractivity contribution in [1.29, 1.82) is 0 Å². The van der Waals surface area contributed by atoms with Gasteiger partial charge in [-0.05, 0) is 44.4 Å². The van der Waals surface area contributed by atoms with Crippen molar-refractivity contribution in [1.82, 2.24) is 4.90 Å². The summed E-state index contributed by atoms with van der Waals surface area (Å²) in [6, 6.07) is 14.1. The molecule has 0 radical (unpaired) electrons.